The summed E-state index contributed by atoms with van der Waals surface area (Å²) in [6.45, 7) is 2.37. The lowest BCUT2D eigenvalue weighted by Crippen LogP contribution is -2.37. The van der Waals surface area contributed by atoms with Gasteiger partial charge in [-0.25, -0.2) is 4.98 Å². The summed E-state index contributed by atoms with van der Waals surface area (Å²) in [5.41, 5.74) is 1.59. The van der Waals surface area contributed by atoms with Crippen LogP contribution in [-0.2, 0) is 11.2 Å². The number of aromatic nitrogens is 1. The Labute approximate surface area is 156 Å². The third-order valence-electron chi connectivity index (χ3n) is 3.90. The lowest BCUT2D eigenvalue weighted by atomic mass is 10.1. The monoisotopic (exact) mass is 367 g/mol. The van der Waals surface area contributed by atoms with Crippen molar-refractivity contribution >= 4 is 33.4 Å². The maximum atomic E-state index is 12.1. The van der Waals surface area contributed by atoms with Crippen LogP contribution in [0.1, 0.15) is 28.7 Å². The molecule has 2 amide bonds. The van der Waals surface area contributed by atoms with E-state index in [0.717, 1.165) is 15.2 Å². The second-order valence-electron chi connectivity index (χ2n) is 6.12. The highest BCUT2D eigenvalue weighted by atomic mass is 32.1. The molecule has 0 saturated carbocycles. The Morgan fingerprint density at radius 3 is 2.58 bits per heavy atom. The number of thiazole rings is 1. The molecule has 2 aromatic carbocycles. The Balaban J connectivity index is 1.41. The first-order chi connectivity index (χ1) is 12.6. The van der Waals surface area contributed by atoms with Gasteiger partial charge >= 0.3 is 0 Å². The maximum Gasteiger partial charge on any atom is 0.251 e. The number of carbonyl (C=O) groups excluding carboxylic acids is 2. The van der Waals surface area contributed by atoms with Crippen LogP contribution in [0, 0.1) is 0 Å². The highest BCUT2D eigenvalue weighted by Gasteiger charge is 2.13. The quantitative estimate of drug-likeness (QED) is 0.674. The second kappa shape index (κ2) is 8.58. The molecule has 0 radical (unpaired) electrons. The summed E-state index contributed by atoms with van der Waals surface area (Å²) >= 11 is 1.65. The fourth-order valence-electron chi connectivity index (χ4n) is 2.63. The van der Waals surface area contributed by atoms with Crippen molar-refractivity contribution in [1.29, 1.82) is 0 Å². The minimum atomic E-state index is -0.231. The molecule has 0 fully saturated rings. The molecule has 5 nitrogen and oxygen atoms in total. The zero-order valence-corrected chi connectivity index (χ0v) is 15.4. The van der Waals surface area contributed by atoms with Gasteiger partial charge in [0.15, 0.2) is 0 Å². The molecule has 3 aromatic rings. The number of hydrogen-bond acceptors (Lipinski definition) is 4. The molecular weight excluding hydrogens is 346 g/mol. The number of rotatable bonds is 7. The summed E-state index contributed by atoms with van der Waals surface area (Å²) in [5, 5.41) is 6.75. The summed E-state index contributed by atoms with van der Waals surface area (Å²) < 4.78 is 1.16. The van der Waals surface area contributed by atoms with Crippen molar-refractivity contribution in [2.24, 2.45) is 0 Å². The first-order valence-corrected chi connectivity index (χ1v) is 9.40. The zero-order chi connectivity index (χ0) is 18.4. The predicted octanol–water partition coefficient (Wildman–Crippen LogP) is 3.16. The van der Waals surface area contributed by atoms with E-state index in [1.807, 2.05) is 49.4 Å². The summed E-state index contributed by atoms with van der Waals surface area (Å²) in [4.78, 5) is 28.7. The lowest BCUT2D eigenvalue weighted by Gasteiger charge is -2.13. The average Bonchev–Trinajstić information content (AvgIpc) is 3.05. The van der Waals surface area contributed by atoms with Crippen LogP contribution < -0.4 is 10.6 Å². The maximum absolute atomic E-state index is 12.1. The topological polar surface area (TPSA) is 71.1 Å². The van der Waals surface area contributed by atoms with Gasteiger partial charge in [0.2, 0.25) is 5.91 Å². The van der Waals surface area contributed by atoms with Crippen LogP contribution in [0.25, 0.3) is 10.2 Å². The van der Waals surface area contributed by atoms with E-state index >= 15 is 0 Å². The largest absolute Gasteiger partial charge is 0.356 e. The van der Waals surface area contributed by atoms with Gasteiger partial charge in [0, 0.05) is 31.0 Å². The van der Waals surface area contributed by atoms with E-state index in [-0.39, 0.29) is 24.3 Å². The van der Waals surface area contributed by atoms with Crippen LogP contribution >= 0.6 is 11.3 Å². The third kappa shape index (κ3) is 4.89. The lowest BCUT2D eigenvalue weighted by molar-refractivity contribution is -0.121. The molecule has 3 rings (SSSR count). The average molecular weight is 367 g/mol. The number of para-hydroxylation sites is 1. The standard InChI is InChI=1S/C20H21N3O2S/c1-14(22-20(25)15-7-3-2-4-8-15)13-18(24)21-12-11-19-23-16-9-5-6-10-17(16)26-19/h2-10,14H,11-13H2,1H3,(H,21,24)(H,22,25). The van der Waals surface area contributed by atoms with Crippen molar-refractivity contribution in [1.82, 2.24) is 15.6 Å². The molecular formula is C20H21N3O2S. The van der Waals surface area contributed by atoms with Crippen LogP contribution in [-0.4, -0.2) is 29.4 Å². The molecule has 0 aliphatic heterocycles. The summed E-state index contributed by atoms with van der Waals surface area (Å²) in [5.74, 6) is -0.243. The number of hydrogen-bond donors (Lipinski definition) is 2. The van der Waals surface area contributed by atoms with Crippen molar-refractivity contribution < 1.29 is 9.59 Å². The molecule has 1 atom stereocenters. The van der Waals surface area contributed by atoms with Gasteiger partial charge in [0.1, 0.15) is 0 Å². The number of amides is 2. The molecule has 0 aliphatic carbocycles. The van der Waals surface area contributed by atoms with Gasteiger partial charge < -0.3 is 10.6 Å². The van der Waals surface area contributed by atoms with E-state index in [9.17, 15) is 9.59 Å². The van der Waals surface area contributed by atoms with E-state index in [2.05, 4.69) is 15.6 Å². The normalized spacial score (nSPS) is 11.9. The van der Waals surface area contributed by atoms with E-state index in [1.54, 1.807) is 23.5 Å². The molecule has 0 bridgehead atoms. The minimum absolute atomic E-state index is 0.0769. The molecule has 0 saturated heterocycles. The van der Waals surface area contributed by atoms with Gasteiger partial charge in [-0.15, -0.1) is 11.3 Å². The molecule has 134 valence electrons. The minimum Gasteiger partial charge on any atom is -0.356 e. The van der Waals surface area contributed by atoms with E-state index in [0.29, 0.717) is 18.5 Å². The van der Waals surface area contributed by atoms with Gasteiger partial charge in [-0.3, -0.25) is 9.59 Å². The molecule has 1 unspecified atom stereocenters. The van der Waals surface area contributed by atoms with Crippen LogP contribution in [0.3, 0.4) is 0 Å². The Kier molecular flexibility index (Phi) is 5.96. The first-order valence-electron chi connectivity index (χ1n) is 8.59. The van der Waals surface area contributed by atoms with Crippen molar-refractivity contribution in [3.63, 3.8) is 0 Å². The number of benzene rings is 2. The van der Waals surface area contributed by atoms with Crippen LogP contribution in [0.4, 0.5) is 0 Å². The van der Waals surface area contributed by atoms with E-state index in [4.69, 9.17) is 0 Å². The third-order valence-corrected chi connectivity index (χ3v) is 5.00. The molecule has 26 heavy (non-hydrogen) atoms. The molecule has 2 N–H and O–H groups in total. The van der Waals surface area contributed by atoms with Crippen molar-refractivity contribution in [2.45, 2.75) is 25.8 Å². The molecule has 0 spiro atoms. The van der Waals surface area contributed by atoms with Crippen LogP contribution in [0.2, 0.25) is 0 Å². The second-order valence-corrected chi connectivity index (χ2v) is 7.24. The molecule has 1 aromatic heterocycles. The molecule has 0 aliphatic rings. The van der Waals surface area contributed by atoms with Gasteiger partial charge in [-0.2, -0.15) is 0 Å². The summed E-state index contributed by atoms with van der Waals surface area (Å²) in [6.07, 6.45) is 0.953. The Morgan fingerprint density at radius 1 is 1.08 bits per heavy atom. The number of fused-ring (bicyclic) bond motifs is 1. The van der Waals surface area contributed by atoms with Gasteiger partial charge in [-0.05, 0) is 31.2 Å². The fourth-order valence-corrected chi connectivity index (χ4v) is 3.60. The zero-order valence-electron chi connectivity index (χ0n) is 14.6. The van der Waals surface area contributed by atoms with Crippen molar-refractivity contribution in [3.8, 4) is 0 Å². The van der Waals surface area contributed by atoms with Gasteiger partial charge in [0.05, 0.1) is 15.2 Å². The van der Waals surface area contributed by atoms with Gasteiger partial charge in [-0.1, -0.05) is 30.3 Å². The summed E-state index contributed by atoms with van der Waals surface area (Å²) in [6, 6.07) is 16.8. The van der Waals surface area contributed by atoms with E-state index < -0.39 is 0 Å². The van der Waals surface area contributed by atoms with Gasteiger partial charge in [0.25, 0.3) is 5.91 Å². The van der Waals surface area contributed by atoms with E-state index in [1.165, 1.54) is 0 Å². The van der Waals surface area contributed by atoms with Crippen LogP contribution in [0.5, 0.6) is 0 Å². The smallest absolute Gasteiger partial charge is 0.251 e. The molecule has 6 heteroatoms. The Hall–Kier alpha value is -2.73. The first kappa shape index (κ1) is 18.1. The summed E-state index contributed by atoms with van der Waals surface area (Å²) in [7, 11) is 0. The van der Waals surface area contributed by atoms with Crippen molar-refractivity contribution in [2.75, 3.05) is 6.54 Å². The van der Waals surface area contributed by atoms with Crippen molar-refractivity contribution in [3.05, 3.63) is 65.2 Å². The highest BCUT2D eigenvalue weighted by Crippen LogP contribution is 2.21. The number of carbonyl (C=O) groups is 2. The molecule has 1 heterocycles. The number of nitrogens with one attached hydrogen (secondary N) is 2. The highest BCUT2D eigenvalue weighted by molar-refractivity contribution is 7.18. The predicted molar refractivity (Wildman–Crippen MR) is 104 cm³/mol. The Bertz CT molecular complexity index is 859. The Morgan fingerprint density at radius 2 is 1.81 bits per heavy atom. The number of nitrogens with zero attached hydrogens (tertiary/aromatic N) is 1. The van der Waals surface area contributed by atoms with Crippen LogP contribution in [0.15, 0.2) is 54.6 Å². The SMILES string of the molecule is CC(CC(=O)NCCc1nc2ccccc2s1)NC(=O)c1ccccc1. The fraction of sp³-hybridized carbons (Fsp3) is 0.250.